The van der Waals surface area contributed by atoms with Crippen LogP contribution in [0.1, 0.15) is 40.0 Å². The first-order valence-electron chi connectivity index (χ1n) is 13.1. The van der Waals surface area contributed by atoms with Crippen molar-refractivity contribution in [3.05, 3.63) is 48.5 Å². The predicted molar refractivity (Wildman–Crippen MR) is 146 cm³/mol. The second kappa shape index (κ2) is 11.5. The Kier molecular flexibility index (Phi) is 8.22. The van der Waals surface area contributed by atoms with E-state index >= 15 is 0 Å². The summed E-state index contributed by atoms with van der Waals surface area (Å²) in [5.41, 5.74) is 3.85. The summed E-state index contributed by atoms with van der Waals surface area (Å²) in [4.78, 5) is 31.4. The normalized spacial score (nSPS) is 18.2. The van der Waals surface area contributed by atoms with Crippen molar-refractivity contribution in [1.29, 1.82) is 5.26 Å². The molecule has 0 radical (unpaired) electrons. The number of nitrogens with zero attached hydrogens (tertiary/aromatic N) is 4. The first kappa shape index (κ1) is 26.3. The number of nitrogens with one attached hydrogen (secondary N) is 1. The smallest absolute Gasteiger partial charge is 0.410 e. The van der Waals surface area contributed by atoms with E-state index in [1.54, 1.807) is 4.90 Å². The van der Waals surface area contributed by atoms with Crippen molar-refractivity contribution < 1.29 is 14.3 Å². The number of anilines is 2. The fourth-order valence-corrected chi connectivity index (χ4v) is 5.03. The quantitative estimate of drug-likeness (QED) is 0.608. The maximum absolute atomic E-state index is 12.8. The van der Waals surface area contributed by atoms with Gasteiger partial charge in [-0.15, -0.1) is 0 Å². The van der Waals surface area contributed by atoms with Crippen LogP contribution in [0.15, 0.2) is 48.5 Å². The Morgan fingerprint density at radius 3 is 2.38 bits per heavy atom. The van der Waals surface area contributed by atoms with Gasteiger partial charge >= 0.3 is 6.09 Å². The zero-order valence-electron chi connectivity index (χ0n) is 22.1. The predicted octanol–water partition coefficient (Wildman–Crippen LogP) is 4.41. The van der Waals surface area contributed by atoms with Crippen LogP contribution in [0, 0.1) is 11.3 Å². The summed E-state index contributed by atoms with van der Waals surface area (Å²) >= 11 is 0. The molecule has 8 nitrogen and oxygen atoms in total. The second-order valence-electron chi connectivity index (χ2n) is 10.6. The summed E-state index contributed by atoms with van der Waals surface area (Å²) in [5, 5.41) is 11.6. The van der Waals surface area contributed by atoms with Gasteiger partial charge in [0, 0.05) is 49.7 Å². The van der Waals surface area contributed by atoms with E-state index in [1.807, 2.05) is 39.0 Å². The topological polar surface area (TPSA) is 88.9 Å². The molecule has 196 valence electrons. The van der Waals surface area contributed by atoms with Crippen LogP contribution in [0.4, 0.5) is 16.2 Å². The molecule has 2 amide bonds. The highest BCUT2D eigenvalue weighted by molar-refractivity contribution is 5.88. The van der Waals surface area contributed by atoms with Gasteiger partial charge in [-0.2, -0.15) is 5.26 Å². The zero-order valence-corrected chi connectivity index (χ0v) is 22.1. The fourth-order valence-electron chi connectivity index (χ4n) is 5.03. The Bertz CT molecular complexity index is 1130. The molecule has 2 aromatic rings. The highest BCUT2D eigenvalue weighted by Gasteiger charge is 2.30. The Hall–Kier alpha value is -3.73. The molecule has 2 saturated heterocycles. The third-order valence-corrected chi connectivity index (χ3v) is 6.84. The van der Waals surface area contributed by atoms with Crippen LogP contribution in [0.3, 0.4) is 0 Å². The zero-order chi connectivity index (χ0) is 26.4. The van der Waals surface area contributed by atoms with Crippen molar-refractivity contribution >= 4 is 23.4 Å². The highest BCUT2D eigenvalue weighted by atomic mass is 16.6. The van der Waals surface area contributed by atoms with E-state index in [0.29, 0.717) is 13.1 Å². The molecule has 0 unspecified atom stereocenters. The monoisotopic (exact) mass is 503 g/mol. The molecule has 8 heteroatoms. The molecule has 2 aliphatic heterocycles. The minimum absolute atomic E-state index is 0.0261. The number of para-hydroxylation sites is 1. The SMILES string of the molecule is CC(C)(C)OC(=O)N1CCN(c2ccc(-c3ccccc3N3CCCC[C@@H]3C(=O)NCC#N)cc2)CC1. The van der Waals surface area contributed by atoms with E-state index in [4.69, 9.17) is 10.00 Å². The largest absolute Gasteiger partial charge is 0.444 e. The van der Waals surface area contributed by atoms with Crippen LogP contribution < -0.4 is 15.1 Å². The molecule has 0 bridgehead atoms. The lowest BCUT2D eigenvalue weighted by Gasteiger charge is -2.38. The third kappa shape index (κ3) is 6.53. The van der Waals surface area contributed by atoms with E-state index in [-0.39, 0.29) is 24.6 Å². The number of piperazine rings is 1. The van der Waals surface area contributed by atoms with E-state index in [0.717, 1.165) is 61.4 Å². The van der Waals surface area contributed by atoms with Gasteiger partial charge in [-0.3, -0.25) is 4.79 Å². The molecule has 2 heterocycles. The van der Waals surface area contributed by atoms with Crippen molar-refractivity contribution in [3.8, 4) is 17.2 Å². The number of piperidine rings is 1. The molecule has 0 spiro atoms. The molecule has 1 N–H and O–H groups in total. The third-order valence-electron chi connectivity index (χ3n) is 6.84. The summed E-state index contributed by atoms with van der Waals surface area (Å²) in [6, 6.07) is 18.4. The summed E-state index contributed by atoms with van der Waals surface area (Å²) in [6.45, 7) is 9.25. The standard InChI is InChI=1S/C29H37N5O3/c1-29(2,3)37-28(36)33-20-18-32(19-21-33)23-13-11-22(12-14-23)24-8-4-5-9-25(24)34-17-7-6-10-26(34)27(35)31-16-15-30/h4-5,8-9,11-14,26H,6-7,10,16-21H2,1-3H3,(H,31,35)/t26-/m1/s1. The number of carbonyl (C=O) groups excluding carboxylic acids is 2. The molecular weight excluding hydrogens is 466 g/mol. The summed E-state index contributed by atoms with van der Waals surface area (Å²) in [6.07, 6.45) is 2.56. The number of hydrogen-bond donors (Lipinski definition) is 1. The maximum atomic E-state index is 12.8. The van der Waals surface area contributed by atoms with Gasteiger partial charge in [0.15, 0.2) is 0 Å². The molecule has 2 aliphatic rings. The van der Waals surface area contributed by atoms with Crippen molar-refractivity contribution in [2.24, 2.45) is 0 Å². The van der Waals surface area contributed by atoms with Crippen LogP contribution in [0.5, 0.6) is 0 Å². The fraction of sp³-hybridized carbons (Fsp3) is 0.483. The number of hydrogen-bond acceptors (Lipinski definition) is 6. The van der Waals surface area contributed by atoms with Gasteiger partial charge < -0.3 is 24.8 Å². The van der Waals surface area contributed by atoms with Gasteiger partial charge in [0.05, 0.1) is 6.07 Å². The lowest BCUT2D eigenvalue weighted by Crippen LogP contribution is -2.50. The second-order valence-corrected chi connectivity index (χ2v) is 10.6. The van der Waals surface area contributed by atoms with E-state index in [9.17, 15) is 9.59 Å². The van der Waals surface area contributed by atoms with Crippen molar-refractivity contribution in [3.63, 3.8) is 0 Å². The van der Waals surface area contributed by atoms with Crippen molar-refractivity contribution in [2.75, 3.05) is 49.1 Å². The van der Waals surface area contributed by atoms with Crippen LogP contribution in [0.2, 0.25) is 0 Å². The van der Waals surface area contributed by atoms with Gasteiger partial charge in [-0.05, 0) is 63.8 Å². The highest BCUT2D eigenvalue weighted by Crippen LogP contribution is 2.35. The first-order chi connectivity index (χ1) is 17.8. The number of benzene rings is 2. The van der Waals surface area contributed by atoms with Crippen LogP contribution in [0.25, 0.3) is 11.1 Å². The molecule has 2 aromatic carbocycles. The lowest BCUT2D eigenvalue weighted by atomic mass is 9.96. The van der Waals surface area contributed by atoms with Gasteiger partial charge in [0.25, 0.3) is 0 Å². The minimum atomic E-state index is -0.491. The molecule has 0 aliphatic carbocycles. The number of ether oxygens (including phenoxy) is 1. The molecule has 1 atom stereocenters. The van der Waals surface area contributed by atoms with Gasteiger partial charge in [-0.1, -0.05) is 30.3 Å². The maximum Gasteiger partial charge on any atom is 0.410 e. The molecular formula is C29H37N5O3. The molecule has 2 fully saturated rings. The summed E-state index contributed by atoms with van der Waals surface area (Å²) < 4.78 is 5.51. The molecule has 4 rings (SSSR count). The van der Waals surface area contributed by atoms with Crippen molar-refractivity contribution in [1.82, 2.24) is 10.2 Å². The molecule has 0 saturated carbocycles. The van der Waals surface area contributed by atoms with Gasteiger partial charge in [0.2, 0.25) is 5.91 Å². The van der Waals surface area contributed by atoms with Crippen molar-refractivity contribution in [2.45, 2.75) is 51.7 Å². The van der Waals surface area contributed by atoms with Crippen LogP contribution in [-0.4, -0.2) is 67.8 Å². The minimum Gasteiger partial charge on any atom is -0.444 e. The van der Waals surface area contributed by atoms with E-state index < -0.39 is 5.60 Å². The van der Waals surface area contributed by atoms with E-state index in [1.165, 1.54) is 0 Å². The number of rotatable bonds is 5. The molecule has 37 heavy (non-hydrogen) atoms. The Labute approximate surface area is 219 Å². The average Bonchev–Trinajstić information content (AvgIpc) is 2.91. The van der Waals surface area contributed by atoms with Gasteiger partial charge in [0.1, 0.15) is 18.2 Å². The number of amides is 2. The lowest BCUT2D eigenvalue weighted by molar-refractivity contribution is -0.122. The number of carbonyl (C=O) groups is 2. The Morgan fingerprint density at radius 2 is 1.70 bits per heavy atom. The van der Waals surface area contributed by atoms with Gasteiger partial charge in [-0.25, -0.2) is 4.79 Å². The average molecular weight is 504 g/mol. The number of nitriles is 1. The van der Waals surface area contributed by atoms with Crippen LogP contribution >= 0.6 is 0 Å². The Morgan fingerprint density at radius 1 is 1.00 bits per heavy atom. The Balaban J connectivity index is 1.46. The summed E-state index contributed by atoms with van der Waals surface area (Å²) in [7, 11) is 0. The van der Waals surface area contributed by atoms with Crippen LogP contribution in [-0.2, 0) is 9.53 Å². The van der Waals surface area contributed by atoms with E-state index in [2.05, 4.69) is 51.5 Å². The summed E-state index contributed by atoms with van der Waals surface area (Å²) in [5.74, 6) is -0.0862. The molecule has 0 aromatic heterocycles. The first-order valence-corrected chi connectivity index (χ1v) is 13.1.